The Balaban J connectivity index is 1.64. The first kappa shape index (κ1) is 17.8. The Kier molecular flexibility index (Phi) is 5.38. The number of halogens is 3. The predicted octanol–water partition coefficient (Wildman–Crippen LogP) is 4.27. The van der Waals surface area contributed by atoms with Gasteiger partial charge < -0.3 is 10.6 Å². The molecular formula is C18H13ClF2N4O. The van der Waals surface area contributed by atoms with Gasteiger partial charge in [0.1, 0.15) is 17.5 Å². The zero-order chi connectivity index (χ0) is 18.5. The Bertz CT molecular complexity index is 914. The molecule has 0 bridgehead atoms. The fourth-order valence-electron chi connectivity index (χ4n) is 2.21. The summed E-state index contributed by atoms with van der Waals surface area (Å²) in [4.78, 5) is 12.1. The summed E-state index contributed by atoms with van der Waals surface area (Å²) in [5.74, 6) is -1.25. The van der Waals surface area contributed by atoms with Crippen LogP contribution in [0.2, 0.25) is 5.02 Å². The molecule has 3 aromatic rings. The summed E-state index contributed by atoms with van der Waals surface area (Å²) >= 11 is 5.85. The van der Waals surface area contributed by atoms with E-state index in [0.717, 1.165) is 6.07 Å². The molecule has 1 amide bonds. The van der Waals surface area contributed by atoms with E-state index in [9.17, 15) is 13.6 Å². The van der Waals surface area contributed by atoms with Crippen LogP contribution in [0.4, 0.5) is 20.4 Å². The van der Waals surface area contributed by atoms with E-state index in [2.05, 4.69) is 20.8 Å². The smallest absolute Gasteiger partial charge is 0.261 e. The summed E-state index contributed by atoms with van der Waals surface area (Å²) in [7, 11) is 0. The third-order valence-electron chi connectivity index (χ3n) is 3.51. The van der Waals surface area contributed by atoms with Crippen LogP contribution in [0.25, 0.3) is 0 Å². The van der Waals surface area contributed by atoms with Gasteiger partial charge in [0, 0.05) is 12.1 Å². The highest BCUT2D eigenvalue weighted by molar-refractivity contribution is 6.34. The average molecular weight is 375 g/mol. The summed E-state index contributed by atoms with van der Waals surface area (Å²) in [5, 5.41) is 13.1. The average Bonchev–Trinajstić information content (AvgIpc) is 2.62. The summed E-state index contributed by atoms with van der Waals surface area (Å²) in [6.07, 6.45) is 0. The molecule has 2 N–H and O–H groups in total. The Labute approximate surface area is 153 Å². The summed E-state index contributed by atoms with van der Waals surface area (Å²) in [6, 6.07) is 13.4. The fraction of sp³-hybridized carbons (Fsp3) is 0.0556. The Morgan fingerprint density at radius 1 is 0.923 bits per heavy atom. The van der Waals surface area contributed by atoms with Gasteiger partial charge >= 0.3 is 0 Å². The van der Waals surface area contributed by atoms with Crippen LogP contribution in [-0.2, 0) is 6.54 Å². The Hall–Kier alpha value is -3.06. The molecule has 1 heterocycles. The lowest BCUT2D eigenvalue weighted by Crippen LogP contribution is -2.16. The van der Waals surface area contributed by atoms with E-state index < -0.39 is 11.7 Å². The van der Waals surface area contributed by atoms with Crippen molar-refractivity contribution in [3.05, 3.63) is 82.4 Å². The van der Waals surface area contributed by atoms with Crippen molar-refractivity contribution >= 4 is 29.1 Å². The number of nitrogens with zero attached hydrogens (tertiary/aromatic N) is 2. The van der Waals surface area contributed by atoms with Crippen molar-refractivity contribution in [1.82, 2.24) is 10.2 Å². The number of amides is 1. The molecule has 5 nitrogen and oxygen atoms in total. The van der Waals surface area contributed by atoms with Gasteiger partial charge in [-0.05, 0) is 30.3 Å². The lowest BCUT2D eigenvalue weighted by molar-refractivity contribution is 0.102. The van der Waals surface area contributed by atoms with E-state index >= 15 is 0 Å². The number of anilines is 2. The largest absolute Gasteiger partial charge is 0.364 e. The van der Waals surface area contributed by atoms with Crippen LogP contribution in [0.15, 0.2) is 54.6 Å². The number of hydrogen-bond acceptors (Lipinski definition) is 4. The zero-order valence-electron chi connectivity index (χ0n) is 13.3. The zero-order valence-corrected chi connectivity index (χ0v) is 14.1. The number of carbonyl (C=O) groups excluding carboxylic acids is 1. The van der Waals surface area contributed by atoms with Crippen LogP contribution < -0.4 is 10.6 Å². The molecule has 0 aliphatic heterocycles. The van der Waals surface area contributed by atoms with E-state index in [4.69, 9.17) is 11.6 Å². The molecule has 8 heteroatoms. The van der Waals surface area contributed by atoms with Crippen molar-refractivity contribution < 1.29 is 13.6 Å². The normalized spacial score (nSPS) is 10.4. The highest BCUT2D eigenvalue weighted by Crippen LogP contribution is 2.20. The summed E-state index contributed by atoms with van der Waals surface area (Å²) in [6.45, 7) is 0.234. The molecule has 0 radical (unpaired) electrons. The third-order valence-corrected chi connectivity index (χ3v) is 3.83. The Morgan fingerprint density at radius 2 is 1.62 bits per heavy atom. The fourth-order valence-corrected chi connectivity index (χ4v) is 2.46. The maximum absolute atomic E-state index is 13.7. The maximum atomic E-state index is 13.7. The minimum atomic E-state index is -0.730. The van der Waals surface area contributed by atoms with Gasteiger partial charge in [-0.2, -0.15) is 0 Å². The van der Waals surface area contributed by atoms with Gasteiger partial charge in [-0.1, -0.05) is 35.9 Å². The van der Waals surface area contributed by atoms with Crippen molar-refractivity contribution in [3.63, 3.8) is 0 Å². The quantitative estimate of drug-likeness (QED) is 0.699. The van der Waals surface area contributed by atoms with Gasteiger partial charge in [0.15, 0.2) is 5.82 Å². The van der Waals surface area contributed by atoms with Crippen LogP contribution in [0.3, 0.4) is 0 Å². The number of carbonyl (C=O) groups is 1. The van der Waals surface area contributed by atoms with Crippen LogP contribution in [-0.4, -0.2) is 16.1 Å². The monoisotopic (exact) mass is 374 g/mol. The first-order valence-electron chi connectivity index (χ1n) is 7.61. The number of nitrogens with one attached hydrogen (secondary N) is 2. The van der Waals surface area contributed by atoms with E-state index in [-0.39, 0.29) is 28.8 Å². The first-order valence-corrected chi connectivity index (χ1v) is 7.99. The van der Waals surface area contributed by atoms with Crippen molar-refractivity contribution in [3.8, 4) is 0 Å². The molecule has 0 spiro atoms. The SMILES string of the molecule is O=C(Nc1ccc(NCc2ccccc2F)nn1)c1c(F)cccc1Cl. The van der Waals surface area contributed by atoms with Gasteiger partial charge in [-0.15, -0.1) is 10.2 Å². The van der Waals surface area contributed by atoms with E-state index in [1.807, 2.05) is 0 Å². The molecule has 26 heavy (non-hydrogen) atoms. The predicted molar refractivity (Wildman–Crippen MR) is 95.1 cm³/mol. The lowest BCUT2D eigenvalue weighted by atomic mass is 10.2. The van der Waals surface area contributed by atoms with Crippen molar-refractivity contribution in [1.29, 1.82) is 0 Å². The van der Waals surface area contributed by atoms with Crippen molar-refractivity contribution in [2.24, 2.45) is 0 Å². The molecule has 132 valence electrons. The highest BCUT2D eigenvalue weighted by atomic mass is 35.5. The van der Waals surface area contributed by atoms with Crippen LogP contribution in [0, 0.1) is 11.6 Å². The van der Waals surface area contributed by atoms with Crippen molar-refractivity contribution in [2.75, 3.05) is 10.6 Å². The second-order valence-corrected chi connectivity index (χ2v) is 5.71. The summed E-state index contributed by atoms with van der Waals surface area (Å²) < 4.78 is 27.3. The molecule has 0 saturated heterocycles. The molecule has 1 aromatic heterocycles. The van der Waals surface area contributed by atoms with Crippen LogP contribution in [0.1, 0.15) is 15.9 Å². The molecule has 0 aliphatic rings. The van der Waals surface area contributed by atoms with Crippen LogP contribution in [0.5, 0.6) is 0 Å². The van der Waals surface area contributed by atoms with Gasteiger partial charge in [-0.25, -0.2) is 8.78 Å². The minimum absolute atomic E-state index is 0.00127. The molecule has 3 rings (SSSR count). The molecule has 0 aliphatic carbocycles. The lowest BCUT2D eigenvalue weighted by Gasteiger charge is -2.08. The van der Waals surface area contributed by atoms with Gasteiger partial charge in [0.2, 0.25) is 0 Å². The number of aromatic nitrogens is 2. The topological polar surface area (TPSA) is 66.9 Å². The third kappa shape index (κ3) is 4.12. The number of benzene rings is 2. The second kappa shape index (κ2) is 7.88. The Morgan fingerprint density at radius 3 is 2.31 bits per heavy atom. The number of rotatable bonds is 5. The first-order chi connectivity index (χ1) is 12.5. The molecular weight excluding hydrogens is 362 g/mol. The van der Waals surface area contributed by atoms with Crippen molar-refractivity contribution in [2.45, 2.75) is 6.54 Å². The standard InChI is InChI=1S/C18H13ClF2N4O/c19-12-5-3-7-14(21)17(12)18(26)23-16-9-8-15(24-25-16)22-10-11-4-1-2-6-13(11)20/h1-9H,10H2,(H,22,24)(H,23,25,26). The minimum Gasteiger partial charge on any atom is -0.364 e. The molecule has 0 unspecified atom stereocenters. The van der Waals surface area contributed by atoms with Crippen LogP contribution >= 0.6 is 11.6 Å². The van der Waals surface area contributed by atoms with Gasteiger partial charge in [0.25, 0.3) is 5.91 Å². The maximum Gasteiger partial charge on any atom is 0.261 e. The second-order valence-electron chi connectivity index (χ2n) is 5.30. The summed E-state index contributed by atoms with van der Waals surface area (Å²) in [5.41, 5.74) is 0.221. The molecule has 0 fully saturated rings. The number of hydrogen-bond donors (Lipinski definition) is 2. The van der Waals surface area contributed by atoms with Gasteiger partial charge in [-0.3, -0.25) is 4.79 Å². The molecule has 0 saturated carbocycles. The molecule has 0 atom stereocenters. The van der Waals surface area contributed by atoms with E-state index in [1.165, 1.54) is 24.3 Å². The van der Waals surface area contributed by atoms with Gasteiger partial charge in [0.05, 0.1) is 10.6 Å². The van der Waals surface area contributed by atoms with E-state index in [1.54, 1.807) is 24.3 Å². The highest BCUT2D eigenvalue weighted by Gasteiger charge is 2.16. The van der Waals surface area contributed by atoms with E-state index in [0.29, 0.717) is 11.4 Å². The molecule has 2 aromatic carbocycles.